The molecular weight excluding hydrogens is 317 g/mol. The fraction of sp³-hybridized carbons (Fsp3) is 0.0625. The predicted octanol–water partition coefficient (Wildman–Crippen LogP) is 4.55. The topological polar surface area (TPSA) is 29.1 Å². The summed E-state index contributed by atoms with van der Waals surface area (Å²) in [5.74, 6) is -3.45. The first-order valence-corrected chi connectivity index (χ1v) is 6.38. The summed E-state index contributed by atoms with van der Waals surface area (Å²) >= 11 is 0. The van der Waals surface area contributed by atoms with Gasteiger partial charge in [0.1, 0.15) is 0 Å². The van der Waals surface area contributed by atoms with E-state index in [0.29, 0.717) is 12.1 Å². The molecule has 0 aliphatic heterocycles. The Hall–Kier alpha value is -2.70. The molecule has 0 atom stereocenters. The summed E-state index contributed by atoms with van der Waals surface area (Å²) in [6.07, 6.45) is -4.37. The minimum Gasteiger partial charge on any atom is -0.322 e. The second-order valence-corrected chi connectivity index (χ2v) is 4.54. The molecule has 2 nitrogen and oxygen atoms in total. The lowest BCUT2D eigenvalue weighted by Gasteiger charge is -2.12. The highest BCUT2D eigenvalue weighted by atomic mass is 19.4. The third-order valence-electron chi connectivity index (χ3n) is 2.85. The average Bonchev–Trinajstić information content (AvgIpc) is 2.48. The minimum atomic E-state index is -4.74. The second kappa shape index (κ2) is 6.60. The Balaban J connectivity index is 2.28. The molecule has 1 amide bonds. The van der Waals surface area contributed by atoms with Crippen LogP contribution < -0.4 is 5.32 Å². The number of hydrogen-bond acceptors (Lipinski definition) is 1. The molecule has 1 N–H and O–H groups in total. The molecule has 0 spiro atoms. The first-order valence-electron chi connectivity index (χ1n) is 6.38. The van der Waals surface area contributed by atoms with Gasteiger partial charge in [0.05, 0.1) is 5.57 Å². The normalized spacial score (nSPS) is 12.1. The number of allylic oxidation sites excluding steroid dienone is 1. The van der Waals surface area contributed by atoms with Crippen molar-refractivity contribution in [1.29, 1.82) is 0 Å². The van der Waals surface area contributed by atoms with Gasteiger partial charge in [-0.2, -0.15) is 13.2 Å². The third-order valence-corrected chi connectivity index (χ3v) is 2.85. The smallest absolute Gasteiger partial charge is 0.322 e. The zero-order valence-electron chi connectivity index (χ0n) is 11.5. The van der Waals surface area contributed by atoms with Gasteiger partial charge in [0.15, 0.2) is 11.6 Å². The molecule has 0 fully saturated rings. The van der Waals surface area contributed by atoms with E-state index in [1.54, 1.807) is 6.07 Å². The molecule has 0 aliphatic carbocycles. The Kier molecular flexibility index (Phi) is 4.78. The van der Waals surface area contributed by atoms with Crippen LogP contribution in [0.4, 0.5) is 27.6 Å². The number of hydrogen-bond donors (Lipinski definition) is 1. The van der Waals surface area contributed by atoms with Crippen molar-refractivity contribution in [2.45, 2.75) is 6.18 Å². The van der Waals surface area contributed by atoms with Crippen LogP contribution in [0.25, 0.3) is 5.57 Å². The maximum Gasteiger partial charge on any atom is 0.417 e. The zero-order chi connectivity index (χ0) is 17.0. The summed E-state index contributed by atoms with van der Waals surface area (Å²) in [5, 5.41) is 2.06. The van der Waals surface area contributed by atoms with Crippen molar-refractivity contribution in [3.8, 4) is 0 Å². The van der Waals surface area contributed by atoms with Crippen LogP contribution in [0.2, 0.25) is 0 Å². The first kappa shape index (κ1) is 16.7. The number of amides is 1. The minimum absolute atomic E-state index is 0.153. The van der Waals surface area contributed by atoms with Gasteiger partial charge in [-0.3, -0.25) is 4.79 Å². The highest BCUT2D eigenvalue weighted by Crippen LogP contribution is 2.33. The van der Waals surface area contributed by atoms with Gasteiger partial charge in [-0.15, -0.1) is 0 Å². The maximum absolute atomic E-state index is 13.1. The van der Waals surface area contributed by atoms with Crippen LogP contribution in [0, 0.1) is 11.6 Å². The summed E-state index contributed by atoms with van der Waals surface area (Å²) in [6.45, 7) is 0. The van der Waals surface area contributed by atoms with Gasteiger partial charge in [-0.1, -0.05) is 30.3 Å². The molecule has 0 saturated carbocycles. The standard InChI is InChI=1S/C16H10F5NO/c17-13-7-6-11(8-14(13)18)22-15(23)9-12(16(19,20)21)10-4-2-1-3-5-10/h1-9H,(H,22,23)/b12-9-. The fourth-order valence-electron chi connectivity index (χ4n) is 1.83. The molecule has 2 aromatic rings. The summed E-state index contributed by atoms with van der Waals surface area (Å²) < 4.78 is 65.0. The van der Waals surface area contributed by atoms with Crippen LogP contribution in [0.15, 0.2) is 54.6 Å². The number of carbonyl (C=O) groups excluding carboxylic acids is 1. The average molecular weight is 327 g/mol. The quantitative estimate of drug-likeness (QED) is 0.650. The van der Waals surface area contributed by atoms with Crippen molar-refractivity contribution in [3.05, 3.63) is 71.8 Å². The maximum atomic E-state index is 13.1. The van der Waals surface area contributed by atoms with Crippen molar-refractivity contribution in [2.24, 2.45) is 0 Å². The van der Waals surface area contributed by atoms with Crippen LogP contribution in [0.3, 0.4) is 0 Å². The van der Waals surface area contributed by atoms with E-state index >= 15 is 0 Å². The van der Waals surface area contributed by atoms with E-state index in [0.717, 1.165) is 12.1 Å². The molecule has 2 rings (SSSR count). The first-order chi connectivity index (χ1) is 10.8. The third kappa shape index (κ3) is 4.38. The monoisotopic (exact) mass is 327 g/mol. The SMILES string of the molecule is O=C(/C=C(/c1ccccc1)C(F)(F)F)Nc1ccc(F)c(F)c1. The highest BCUT2D eigenvalue weighted by molar-refractivity contribution is 6.04. The number of anilines is 1. The molecule has 0 radical (unpaired) electrons. The van der Waals surface area contributed by atoms with E-state index in [4.69, 9.17) is 0 Å². The van der Waals surface area contributed by atoms with E-state index in [1.807, 2.05) is 0 Å². The Bertz CT molecular complexity index is 738. The molecule has 23 heavy (non-hydrogen) atoms. The molecule has 0 saturated heterocycles. The van der Waals surface area contributed by atoms with Crippen molar-refractivity contribution < 1.29 is 26.7 Å². The van der Waals surface area contributed by atoms with Crippen molar-refractivity contribution in [2.75, 3.05) is 5.32 Å². The summed E-state index contributed by atoms with van der Waals surface area (Å²) in [5.41, 5.74) is -1.47. The lowest BCUT2D eigenvalue weighted by atomic mass is 10.1. The van der Waals surface area contributed by atoms with Crippen LogP contribution in [0.1, 0.15) is 5.56 Å². The van der Waals surface area contributed by atoms with Crippen LogP contribution in [-0.4, -0.2) is 12.1 Å². The van der Waals surface area contributed by atoms with Gasteiger partial charge in [0.2, 0.25) is 5.91 Å². The number of nitrogens with one attached hydrogen (secondary N) is 1. The highest BCUT2D eigenvalue weighted by Gasteiger charge is 2.35. The number of halogens is 5. The van der Waals surface area contributed by atoms with Gasteiger partial charge < -0.3 is 5.32 Å². The van der Waals surface area contributed by atoms with E-state index in [9.17, 15) is 26.7 Å². The Morgan fingerprint density at radius 3 is 2.17 bits per heavy atom. The largest absolute Gasteiger partial charge is 0.417 e. The molecule has 0 bridgehead atoms. The van der Waals surface area contributed by atoms with Crippen LogP contribution in [0.5, 0.6) is 0 Å². The molecule has 0 unspecified atom stereocenters. The van der Waals surface area contributed by atoms with Crippen molar-refractivity contribution in [1.82, 2.24) is 0 Å². The molecule has 0 aliphatic rings. The number of rotatable bonds is 3. The predicted molar refractivity (Wildman–Crippen MR) is 75.5 cm³/mol. The molecule has 7 heteroatoms. The molecule has 2 aromatic carbocycles. The molecule has 0 heterocycles. The van der Waals surface area contributed by atoms with Gasteiger partial charge >= 0.3 is 6.18 Å². The lowest BCUT2D eigenvalue weighted by molar-refractivity contribution is -0.112. The summed E-state index contributed by atoms with van der Waals surface area (Å²) in [7, 11) is 0. The van der Waals surface area contributed by atoms with Crippen molar-refractivity contribution >= 4 is 17.2 Å². The van der Waals surface area contributed by atoms with E-state index in [1.165, 1.54) is 24.3 Å². The number of benzene rings is 2. The number of alkyl halides is 3. The fourth-order valence-corrected chi connectivity index (χ4v) is 1.83. The zero-order valence-corrected chi connectivity index (χ0v) is 11.5. The van der Waals surface area contributed by atoms with Crippen LogP contribution in [-0.2, 0) is 4.79 Å². The van der Waals surface area contributed by atoms with E-state index in [2.05, 4.69) is 5.32 Å². The van der Waals surface area contributed by atoms with E-state index in [-0.39, 0.29) is 11.3 Å². The van der Waals surface area contributed by atoms with Crippen LogP contribution >= 0.6 is 0 Å². The van der Waals surface area contributed by atoms with Gasteiger partial charge in [-0.05, 0) is 17.7 Å². The summed E-state index contributed by atoms with van der Waals surface area (Å²) in [6, 6.07) is 9.25. The second-order valence-electron chi connectivity index (χ2n) is 4.54. The Morgan fingerprint density at radius 1 is 0.957 bits per heavy atom. The molecular formula is C16H10F5NO. The summed E-state index contributed by atoms with van der Waals surface area (Å²) in [4.78, 5) is 11.7. The lowest BCUT2D eigenvalue weighted by Crippen LogP contribution is -2.16. The van der Waals surface area contributed by atoms with Gasteiger partial charge in [0.25, 0.3) is 0 Å². The van der Waals surface area contributed by atoms with Crippen molar-refractivity contribution in [3.63, 3.8) is 0 Å². The number of carbonyl (C=O) groups is 1. The molecule has 120 valence electrons. The Labute approximate surface area is 128 Å². The van der Waals surface area contributed by atoms with Gasteiger partial charge in [-0.25, -0.2) is 8.78 Å². The Morgan fingerprint density at radius 2 is 1.61 bits per heavy atom. The van der Waals surface area contributed by atoms with Gasteiger partial charge in [0, 0.05) is 17.8 Å². The molecule has 0 aromatic heterocycles. The van der Waals surface area contributed by atoms with E-state index < -0.39 is 29.3 Å².